The van der Waals surface area contributed by atoms with Crippen LogP contribution in [0.2, 0.25) is 0 Å². The van der Waals surface area contributed by atoms with Crippen molar-refractivity contribution in [3.05, 3.63) is 132 Å². The molecule has 0 spiro atoms. The predicted octanol–water partition coefficient (Wildman–Crippen LogP) is 6.41. The second-order valence-electron chi connectivity index (χ2n) is 8.64. The summed E-state index contributed by atoms with van der Waals surface area (Å²) in [6, 6.07) is 35.2. The van der Waals surface area contributed by atoms with Crippen LogP contribution in [0.3, 0.4) is 0 Å². The summed E-state index contributed by atoms with van der Waals surface area (Å²) in [4.78, 5) is 4.77. The van der Waals surface area contributed by atoms with Crippen LogP contribution in [0, 0.1) is 6.92 Å². The van der Waals surface area contributed by atoms with Crippen molar-refractivity contribution in [1.82, 2.24) is 15.2 Å². The van der Waals surface area contributed by atoms with Gasteiger partial charge in [0.2, 0.25) is 0 Å². The number of nitrogens with zero attached hydrogens (tertiary/aromatic N) is 5. The number of sulfonamides is 1. The van der Waals surface area contributed by atoms with Crippen molar-refractivity contribution in [1.29, 1.82) is 0 Å². The first-order valence-electron chi connectivity index (χ1n) is 12.3. The van der Waals surface area contributed by atoms with E-state index in [2.05, 4.69) is 15.3 Å². The maximum Gasteiger partial charge on any atom is 0.286 e. The molecular weight excluding hydrogens is 506 g/mol. The van der Waals surface area contributed by atoms with Crippen LogP contribution in [-0.2, 0) is 10.0 Å². The third-order valence-electron chi connectivity index (χ3n) is 5.83. The molecule has 4 aromatic carbocycles. The lowest BCUT2D eigenvalue weighted by Crippen LogP contribution is -2.28. The highest BCUT2D eigenvalue weighted by Gasteiger charge is 2.28. The summed E-state index contributed by atoms with van der Waals surface area (Å²) in [5, 5.41) is 13.0. The maximum absolute atomic E-state index is 13.8. The van der Waals surface area contributed by atoms with E-state index in [0.29, 0.717) is 11.4 Å². The average molecular weight is 532 g/mol. The van der Waals surface area contributed by atoms with Crippen LogP contribution >= 0.6 is 0 Å². The van der Waals surface area contributed by atoms with Gasteiger partial charge in [0.1, 0.15) is 11.4 Å². The minimum absolute atomic E-state index is 0.0642. The summed E-state index contributed by atoms with van der Waals surface area (Å²) in [5.41, 5.74) is 4.50. The lowest BCUT2D eigenvalue weighted by atomic mass is 10.0. The lowest BCUT2D eigenvalue weighted by Gasteiger charge is -2.18. The molecule has 0 N–H and O–H groups in total. The van der Waals surface area contributed by atoms with Gasteiger partial charge in [0.05, 0.1) is 4.90 Å². The largest absolute Gasteiger partial charge is 0.286 e. The van der Waals surface area contributed by atoms with E-state index in [-0.39, 0.29) is 10.8 Å². The zero-order valence-corrected chi connectivity index (χ0v) is 22.0. The Balaban J connectivity index is 1.63. The summed E-state index contributed by atoms with van der Waals surface area (Å²) in [5.74, 6) is -0.168. The third kappa shape index (κ3) is 5.97. The average Bonchev–Trinajstić information content (AvgIpc) is 2.98. The van der Waals surface area contributed by atoms with Crippen molar-refractivity contribution in [2.75, 3.05) is 4.41 Å². The Morgan fingerprint density at radius 2 is 1.26 bits per heavy atom. The molecule has 0 saturated heterocycles. The standard InChI is InChI=1S/C31H25N5O2S/c1-24-19-21-28(22-20-24)39(37,38)36(32-23-11-14-25-12-5-2-6-13-25)31-33-29(26-15-7-3-8-16-26)30(34-35-31)27-17-9-4-10-18-27/h2-23H,1H3/b14-11+,32-23+. The Morgan fingerprint density at radius 1 is 0.692 bits per heavy atom. The van der Waals surface area contributed by atoms with Gasteiger partial charge >= 0.3 is 0 Å². The Labute approximate surface area is 227 Å². The zero-order valence-electron chi connectivity index (χ0n) is 21.2. The van der Waals surface area contributed by atoms with Gasteiger partial charge in [0, 0.05) is 17.3 Å². The number of hydrogen-bond donors (Lipinski definition) is 0. The van der Waals surface area contributed by atoms with Gasteiger partial charge in [-0.1, -0.05) is 115 Å². The monoisotopic (exact) mass is 531 g/mol. The van der Waals surface area contributed by atoms with Crippen molar-refractivity contribution < 1.29 is 8.42 Å². The highest BCUT2D eigenvalue weighted by Crippen LogP contribution is 2.31. The highest BCUT2D eigenvalue weighted by atomic mass is 32.2. The van der Waals surface area contributed by atoms with Gasteiger partial charge in [0.25, 0.3) is 16.0 Å². The fourth-order valence-corrected chi connectivity index (χ4v) is 4.99. The van der Waals surface area contributed by atoms with Gasteiger partial charge in [0.15, 0.2) is 0 Å². The van der Waals surface area contributed by atoms with Crippen LogP contribution in [0.1, 0.15) is 11.1 Å². The van der Waals surface area contributed by atoms with Gasteiger partial charge in [-0.2, -0.15) is 13.5 Å². The summed E-state index contributed by atoms with van der Waals surface area (Å²) >= 11 is 0. The van der Waals surface area contributed by atoms with E-state index in [1.807, 2.05) is 104 Å². The minimum Gasteiger partial charge on any atom is -0.207 e. The number of hydrogen-bond acceptors (Lipinski definition) is 6. The number of benzene rings is 4. The third-order valence-corrected chi connectivity index (χ3v) is 7.41. The van der Waals surface area contributed by atoms with Crippen LogP contribution in [0.4, 0.5) is 5.95 Å². The molecule has 192 valence electrons. The minimum atomic E-state index is -4.16. The molecular formula is C31H25N5O2S. The molecule has 8 heteroatoms. The summed E-state index contributed by atoms with van der Waals surface area (Å²) in [6.45, 7) is 1.89. The smallest absolute Gasteiger partial charge is 0.207 e. The van der Waals surface area contributed by atoms with Crippen LogP contribution in [-0.4, -0.2) is 29.8 Å². The van der Waals surface area contributed by atoms with E-state index in [1.165, 1.54) is 18.3 Å². The van der Waals surface area contributed by atoms with E-state index in [0.717, 1.165) is 26.7 Å². The van der Waals surface area contributed by atoms with Gasteiger partial charge in [-0.05, 0) is 30.7 Å². The Kier molecular flexibility index (Phi) is 7.65. The molecule has 0 bridgehead atoms. The topological polar surface area (TPSA) is 88.4 Å². The Morgan fingerprint density at radius 3 is 1.87 bits per heavy atom. The van der Waals surface area contributed by atoms with E-state index < -0.39 is 10.0 Å². The molecule has 0 aliphatic rings. The number of anilines is 1. The number of rotatable bonds is 8. The summed E-state index contributed by atoms with van der Waals surface area (Å²) < 4.78 is 28.4. The van der Waals surface area contributed by atoms with Crippen LogP contribution < -0.4 is 4.41 Å². The second-order valence-corrected chi connectivity index (χ2v) is 10.4. The first kappa shape index (κ1) is 25.7. The zero-order chi connectivity index (χ0) is 27.1. The molecule has 39 heavy (non-hydrogen) atoms. The van der Waals surface area contributed by atoms with Gasteiger partial charge in [-0.15, -0.1) is 14.6 Å². The fraction of sp³-hybridized carbons (Fsp3) is 0.0323. The van der Waals surface area contributed by atoms with E-state index in [1.54, 1.807) is 18.2 Å². The molecule has 0 atom stereocenters. The van der Waals surface area contributed by atoms with Crippen LogP contribution in [0.15, 0.2) is 131 Å². The second kappa shape index (κ2) is 11.6. The number of aromatic nitrogens is 3. The summed E-state index contributed by atoms with van der Waals surface area (Å²) in [7, 11) is -4.16. The first-order valence-corrected chi connectivity index (χ1v) is 13.7. The molecule has 5 rings (SSSR count). The van der Waals surface area contributed by atoms with E-state index in [9.17, 15) is 8.42 Å². The number of hydrazone groups is 1. The van der Waals surface area contributed by atoms with Crippen molar-refractivity contribution in [2.45, 2.75) is 11.8 Å². The van der Waals surface area contributed by atoms with Gasteiger partial charge in [-0.3, -0.25) is 0 Å². The van der Waals surface area contributed by atoms with Crippen molar-refractivity contribution in [3.63, 3.8) is 0 Å². The molecule has 0 saturated carbocycles. The maximum atomic E-state index is 13.8. The highest BCUT2D eigenvalue weighted by molar-refractivity contribution is 7.92. The van der Waals surface area contributed by atoms with Crippen molar-refractivity contribution in [2.24, 2.45) is 5.10 Å². The fourth-order valence-electron chi connectivity index (χ4n) is 3.83. The Bertz CT molecular complexity index is 1710. The molecule has 0 aliphatic carbocycles. The summed E-state index contributed by atoms with van der Waals surface area (Å²) in [6.07, 6.45) is 4.89. The van der Waals surface area contributed by atoms with Gasteiger partial charge < -0.3 is 0 Å². The molecule has 0 amide bonds. The van der Waals surface area contributed by atoms with Crippen molar-refractivity contribution >= 4 is 28.3 Å². The number of allylic oxidation sites excluding steroid dienone is 1. The van der Waals surface area contributed by atoms with E-state index >= 15 is 0 Å². The normalized spacial score (nSPS) is 11.7. The molecule has 0 radical (unpaired) electrons. The predicted molar refractivity (Wildman–Crippen MR) is 156 cm³/mol. The van der Waals surface area contributed by atoms with Gasteiger partial charge in [-0.25, -0.2) is 4.98 Å². The van der Waals surface area contributed by atoms with Crippen LogP contribution in [0.25, 0.3) is 28.6 Å². The van der Waals surface area contributed by atoms with Crippen molar-refractivity contribution in [3.8, 4) is 22.5 Å². The molecule has 0 fully saturated rings. The van der Waals surface area contributed by atoms with E-state index in [4.69, 9.17) is 4.98 Å². The SMILES string of the molecule is Cc1ccc(S(=O)(=O)N(/N=C/C=C/c2ccccc2)c2nnc(-c3ccccc3)c(-c3ccccc3)n2)cc1. The molecule has 1 aromatic heterocycles. The molecule has 5 aromatic rings. The Hall–Kier alpha value is -4.95. The number of aryl methyl sites for hydroxylation is 1. The molecule has 1 heterocycles. The quantitative estimate of drug-likeness (QED) is 0.171. The first-order chi connectivity index (χ1) is 19.0. The molecule has 0 unspecified atom stereocenters. The molecule has 0 aliphatic heterocycles. The lowest BCUT2D eigenvalue weighted by molar-refractivity contribution is 0.590. The van der Waals surface area contributed by atoms with Crippen LogP contribution in [0.5, 0.6) is 0 Å². The molecule has 7 nitrogen and oxygen atoms in total.